The summed E-state index contributed by atoms with van der Waals surface area (Å²) in [5.41, 5.74) is 0. The summed E-state index contributed by atoms with van der Waals surface area (Å²) in [5, 5.41) is 23.9. The summed E-state index contributed by atoms with van der Waals surface area (Å²) in [4.78, 5) is 46.7. The molecule has 1 aromatic rings. The van der Waals surface area contributed by atoms with Crippen LogP contribution in [-0.2, 0) is 38.1 Å². The van der Waals surface area contributed by atoms with E-state index in [9.17, 15) is 29.4 Å². The zero-order chi connectivity index (χ0) is 25.5. The number of carbonyl (C=O) groups excluding carboxylic acids is 4. The van der Waals surface area contributed by atoms with Crippen molar-refractivity contribution in [3.8, 4) is 0 Å². The molecule has 0 radical (unpaired) electrons. The standard InChI is InChI=1S/C22H29NO10S/c1-12(24)23-18-17(32-14(3)26)10-22(21(29)30-4,34-15-8-6-5-7-9-15)33-20(18)19(28)16(27)11-31-13(2)25/h5-9,16-20,27-28H,10-11H2,1-4H3,(H,23,24)/t16-,17+,18-,19-,20-,22-/m1/s1. The van der Waals surface area contributed by atoms with Gasteiger partial charge in [-0.3, -0.25) is 14.4 Å². The second-order valence-corrected chi connectivity index (χ2v) is 9.02. The van der Waals surface area contributed by atoms with Gasteiger partial charge in [-0.25, -0.2) is 4.79 Å². The molecule has 188 valence electrons. The minimum absolute atomic E-state index is 0.229. The van der Waals surface area contributed by atoms with Crippen LogP contribution in [0.15, 0.2) is 35.2 Å². The molecule has 1 aromatic carbocycles. The van der Waals surface area contributed by atoms with E-state index in [4.69, 9.17) is 18.9 Å². The smallest absolute Gasteiger partial charge is 0.349 e. The third kappa shape index (κ3) is 7.16. The van der Waals surface area contributed by atoms with Crippen molar-refractivity contribution in [1.82, 2.24) is 5.32 Å². The van der Waals surface area contributed by atoms with E-state index in [1.807, 2.05) is 0 Å². The highest BCUT2D eigenvalue weighted by atomic mass is 32.2. The molecule has 0 bridgehead atoms. The van der Waals surface area contributed by atoms with Gasteiger partial charge in [-0.05, 0) is 12.1 Å². The fourth-order valence-corrected chi connectivity index (χ4v) is 4.81. The summed E-state index contributed by atoms with van der Waals surface area (Å²) in [6, 6.07) is 7.57. The van der Waals surface area contributed by atoms with Gasteiger partial charge in [0.2, 0.25) is 10.8 Å². The Kier molecular flexibility index (Phi) is 9.86. The molecule has 2 rings (SSSR count). The lowest BCUT2D eigenvalue weighted by Crippen LogP contribution is -2.67. The van der Waals surface area contributed by atoms with Crippen LogP contribution in [0, 0.1) is 0 Å². The SMILES string of the molecule is COC(=O)[C@]1(Sc2ccccc2)C[C@H](OC(C)=O)[C@@H](NC(C)=O)[C@H]([C@H](O)[C@H](O)COC(C)=O)O1. The number of nitrogens with one attached hydrogen (secondary N) is 1. The number of benzene rings is 1. The van der Waals surface area contributed by atoms with Crippen molar-refractivity contribution in [1.29, 1.82) is 0 Å². The third-order valence-corrected chi connectivity index (χ3v) is 6.22. The minimum atomic E-state index is -1.81. The van der Waals surface area contributed by atoms with Crippen molar-refractivity contribution >= 4 is 35.6 Å². The van der Waals surface area contributed by atoms with Crippen LogP contribution in [0.3, 0.4) is 0 Å². The summed E-state index contributed by atoms with van der Waals surface area (Å²) < 4.78 is 21.2. The monoisotopic (exact) mass is 499 g/mol. The van der Waals surface area contributed by atoms with E-state index in [0.717, 1.165) is 32.7 Å². The molecule has 0 unspecified atom stereocenters. The highest BCUT2D eigenvalue weighted by Crippen LogP contribution is 2.45. The maximum Gasteiger partial charge on any atom is 0.349 e. The predicted octanol–water partition coefficient (Wildman–Crippen LogP) is 0.158. The lowest BCUT2D eigenvalue weighted by atomic mass is 9.89. The Morgan fingerprint density at radius 3 is 2.32 bits per heavy atom. The number of aliphatic hydroxyl groups excluding tert-OH is 2. The van der Waals surface area contributed by atoms with E-state index in [-0.39, 0.29) is 6.42 Å². The molecule has 1 heterocycles. The van der Waals surface area contributed by atoms with Gasteiger partial charge >= 0.3 is 17.9 Å². The second kappa shape index (κ2) is 12.2. The number of hydrogen-bond donors (Lipinski definition) is 3. The van der Waals surface area contributed by atoms with Gasteiger partial charge in [-0.15, -0.1) is 0 Å². The number of methoxy groups -OCH3 is 1. The Bertz CT molecular complexity index is 882. The summed E-state index contributed by atoms with van der Waals surface area (Å²) in [7, 11) is 1.15. The summed E-state index contributed by atoms with van der Waals surface area (Å²) in [6.07, 6.45) is -6.21. The Balaban J connectivity index is 2.53. The Morgan fingerprint density at radius 1 is 1.15 bits per heavy atom. The molecular formula is C22H29NO10S. The Hall–Kier alpha value is -2.67. The molecule has 34 heavy (non-hydrogen) atoms. The number of amides is 1. The molecule has 1 aliphatic heterocycles. The third-order valence-electron chi connectivity index (χ3n) is 4.95. The second-order valence-electron chi connectivity index (χ2n) is 7.68. The zero-order valence-electron chi connectivity index (χ0n) is 19.3. The lowest BCUT2D eigenvalue weighted by Gasteiger charge is -2.47. The van der Waals surface area contributed by atoms with E-state index >= 15 is 0 Å². The van der Waals surface area contributed by atoms with Gasteiger partial charge in [-0.2, -0.15) is 0 Å². The van der Waals surface area contributed by atoms with Crippen LogP contribution >= 0.6 is 11.8 Å². The van der Waals surface area contributed by atoms with E-state index in [1.165, 1.54) is 6.92 Å². The summed E-state index contributed by atoms with van der Waals surface area (Å²) in [5.74, 6) is -2.74. The highest BCUT2D eigenvalue weighted by Gasteiger charge is 2.57. The summed E-state index contributed by atoms with van der Waals surface area (Å²) in [6.45, 7) is 2.93. The molecule has 1 amide bonds. The highest BCUT2D eigenvalue weighted by molar-refractivity contribution is 8.01. The topological polar surface area (TPSA) is 158 Å². The molecule has 6 atom stereocenters. The van der Waals surface area contributed by atoms with Crippen molar-refractivity contribution in [3.63, 3.8) is 0 Å². The maximum atomic E-state index is 13.0. The molecule has 0 aliphatic carbocycles. The largest absolute Gasteiger partial charge is 0.466 e. The van der Waals surface area contributed by atoms with E-state index in [2.05, 4.69) is 5.32 Å². The summed E-state index contributed by atoms with van der Waals surface area (Å²) >= 11 is 0.969. The van der Waals surface area contributed by atoms with E-state index < -0.39 is 65.8 Å². The number of rotatable bonds is 9. The Morgan fingerprint density at radius 2 is 1.79 bits per heavy atom. The van der Waals surface area contributed by atoms with Crippen LogP contribution in [0.5, 0.6) is 0 Å². The molecular weight excluding hydrogens is 470 g/mol. The predicted molar refractivity (Wildman–Crippen MR) is 118 cm³/mol. The number of ether oxygens (including phenoxy) is 4. The van der Waals surface area contributed by atoms with Crippen molar-refractivity contribution < 1.29 is 48.3 Å². The zero-order valence-corrected chi connectivity index (χ0v) is 20.1. The van der Waals surface area contributed by atoms with Gasteiger partial charge in [0.25, 0.3) is 0 Å². The first-order valence-electron chi connectivity index (χ1n) is 10.4. The molecule has 12 heteroatoms. The first-order valence-corrected chi connectivity index (χ1v) is 11.2. The number of thioether (sulfide) groups is 1. The van der Waals surface area contributed by atoms with Gasteiger partial charge in [0.05, 0.1) is 13.2 Å². The quantitative estimate of drug-likeness (QED) is 0.314. The fraction of sp³-hybridized carbons (Fsp3) is 0.545. The van der Waals surface area contributed by atoms with Gasteiger partial charge in [0.1, 0.15) is 31.0 Å². The van der Waals surface area contributed by atoms with Crippen LogP contribution in [0.2, 0.25) is 0 Å². The number of esters is 3. The van der Waals surface area contributed by atoms with E-state index in [0.29, 0.717) is 4.90 Å². The molecule has 11 nitrogen and oxygen atoms in total. The molecule has 3 N–H and O–H groups in total. The van der Waals surface area contributed by atoms with E-state index in [1.54, 1.807) is 30.3 Å². The first kappa shape index (κ1) is 27.6. The number of aliphatic hydroxyl groups is 2. The van der Waals surface area contributed by atoms with Crippen molar-refractivity contribution in [3.05, 3.63) is 30.3 Å². The molecule has 0 saturated carbocycles. The van der Waals surface area contributed by atoms with Gasteiger partial charge in [-0.1, -0.05) is 30.0 Å². The maximum absolute atomic E-state index is 13.0. The van der Waals surface area contributed by atoms with Crippen LogP contribution in [0.4, 0.5) is 0 Å². The van der Waals surface area contributed by atoms with Crippen LogP contribution < -0.4 is 5.32 Å². The lowest BCUT2D eigenvalue weighted by molar-refractivity contribution is -0.213. The fourth-order valence-electron chi connectivity index (χ4n) is 3.56. The number of carbonyl (C=O) groups is 4. The molecule has 1 saturated heterocycles. The Labute approximate surface area is 201 Å². The minimum Gasteiger partial charge on any atom is -0.466 e. The number of hydrogen-bond acceptors (Lipinski definition) is 11. The van der Waals surface area contributed by atoms with Gasteiger partial charge in [0, 0.05) is 32.1 Å². The average Bonchev–Trinajstić information content (AvgIpc) is 2.77. The van der Waals surface area contributed by atoms with Crippen molar-refractivity contribution in [2.75, 3.05) is 13.7 Å². The van der Waals surface area contributed by atoms with Crippen LogP contribution in [-0.4, -0.2) is 83.1 Å². The molecule has 0 aromatic heterocycles. The average molecular weight is 500 g/mol. The molecule has 1 fully saturated rings. The van der Waals surface area contributed by atoms with Crippen molar-refractivity contribution in [2.24, 2.45) is 0 Å². The van der Waals surface area contributed by atoms with Crippen molar-refractivity contribution in [2.45, 2.75) is 67.5 Å². The normalized spacial score (nSPS) is 26.0. The molecule has 1 aliphatic rings. The van der Waals surface area contributed by atoms with Crippen LogP contribution in [0.1, 0.15) is 27.2 Å². The van der Waals surface area contributed by atoms with Gasteiger partial charge < -0.3 is 34.5 Å². The molecule has 0 spiro atoms. The van der Waals surface area contributed by atoms with Crippen LogP contribution in [0.25, 0.3) is 0 Å². The first-order chi connectivity index (χ1) is 16.0. The van der Waals surface area contributed by atoms with Gasteiger partial charge in [0.15, 0.2) is 0 Å².